The van der Waals surface area contributed by atoms with Gasteiger partial charge in [0.2, 0.25) is 0 Å². The highest BCUT2D eigenvalue weighted by Gasteiger charge is 2.10. The van der Waals surface area contributed by atoms with Crippen LogP contribution in [-0.4, -0.2) is 26.3 Å². The van der Waals surface area contributed by atoms with Crippen molar-refractivity contribution < 1.29 is 23.4 Å². The third-order valence-electron chi connectivity index (χ3n) is 5.83. The van der Waals surface area contributed by atoms with Gasteiger partial charge in [0.1, 0.15) is 22.8 Å². The molecule has 4 aromatic rings. The summed E-state index contributed by atoms with van der Waals surface area (Å²) in [6.45, 7) is 0.852. The van der Waals surface area contributed by atoms with Gasteiger partial charge >= 0.3 is 5.97 Å². The second-order valence-electron chi connectivity index (χ2n) is 8.65. The molecule has 1 heterocycles. The van der Waals surface area contributed by atoms with E-state index < -0.39 is 5.97 Å². The van der Waals surface area contributed by atoms with Gasteiger partial charge in [0.25, 0.3) is 0 Å². The van der Waals surface area contributed by atoms with Gasteiger partial charge in [0.15, 0.2) is 5.43 Å². The molecular weight excluding hydrogens is 472 g/mol. The summed E-state index contributed by atoms with van der Waals surface area (Å²) >= 11 is 0. The van der Waals surface area contributed by atoms with E-state index in [4.69, 9.17) is 30.1 Å². The molecule has 192 valence electrons. The van der Waals surface area contributed by atoms with Gasteiger partial charge in [-0.25, -0.2) is 4.79 Å². The summed E-state index contributed by atoms with van der Waals surface area (Å²) in [6, 6.07) is 18.7. The largest absolute Gasteiger partial charge is 0.497 e. The van der Waals surface area contributed by atoms with Gasteiger partial charge in [0, 0.05) is 29.1 Å². The molecule has 0 radical (unpaired) electrons. The number of hydrogen-bond acceptors (Lipinski definition) is 8. The Kier molecular flexibility index (Phi) is 8.30. The molecule has 4 rings (SSSR count). The number of methoxy groups -OCH3 is 1. The van der Waals surface area contributed by atoms with Crippen molar-refractivity contribution in [3.05, 3.63) is 82.5 Å². The molecule has 0 spiro atoms. The number of nitrogens with two attached hydrogens (primary N) is 2. The van der Waals surface area contributed by atoms with E-state index in [2.05, 4.69) is 0 Å². The summed E-state index contributed by atoms with van der Waals surface area (Å²) in [5.74, 6) is 1.42. The molecule has 0 atom stereocenters. The van der Waals surface area contributed by atoms with Gasteiger partial charge in [0.05, 0.1) is 31.3 Å². The van der Waals surface area contributed by atoms with E-state index >= 15 is 0 Å². The summed E-state index contributed by atoms with van der Waals surface area (Å²) in [5, 5.41) is 0.500. The molecule has 3 aromatic carbocycles. The van der Waals surface area contributed by atoms with Gasteiger partial charge in [-0.1, -0.05) is 0 Å². The molecule has 37 heavy (non-hydrogen) atoms. The molecule has 0 amide bonds. The van der Waals surface area contributed by atoms with Crippen LogP contribution in [0, 0.1) is 0 Å². The molecule has 0 bridgehead atoms. The smallest absolute Gasteiger partial charge is 0.338 e. The molecule has 4 N–H and O–H groups in total. The lowest BCUT2D eigenvalue weighted by Crippen LogP contribution is -2.08. The number of unbranched alkanes of at least 4 members (excludes halogenated alkanes) is 3. The molecule has 1 aromatic heterocycles. The highest BCUT2D eigenvalue weighted by Crippen LogP contribution is 2.26. The maximum Gasteiger partial charge on any atom is 0.338 e. The van der Waals surface area contributed by atoms with Gasteiger partial charge < -0.3 is 30.1 Å². The standard InChI is InChI=1S/C29H30N2O6/c1-34-23-8-6-19(7-9-23)27-18-26(32)25-11-10-24(17-28(25)37-27)35-12-4-2-3-5-13-36-29(33)20-14-21(30)16-22(31)15-20/h6-11,14-18H,2-5,12-13,30-31H2,1H3. The van der Waals surface area contributed by atoms with Crippen molar-refractivity contribution in [2.24, 2.45) is 0 Å². The minimum atomic E-state index is -0.430. The average molecular weight is 503 g/mol. The Balaban J connectivity index is 1.23. The Morgan fingerprint density at radius 1 is 0.811 bits per heavy atom. The number of hydrogen-bond donors (Lipinski definition) is 2. The number of carbonyl (C=O) groups is 1. The fourth-order valence-electron chi connectivity index (χ4n) is 3.91. The number of carbonyl (C=O) groups excluding carboxylic acids is 1. The molecule has 0 saturated heterocycles. The minimum Gasteiger partial charge on any atom is -0.497 e. The molecule has 0 aliphatic heterocycles. The Morgan fingerprint density at radius 2 is 1.49 bits per heavy atom. The molecule has 0 saturated carbocycles. The van der Waals surface area contributed by atoms with Crippen molar-refractivity contribution in [3.63, 3.8) is 0 Å². The van der Waals surface area contributed by atoms with Crippen molar-refractivity contribution in [2.45, 2.75) is 25.7 Å². The summed E-state index contributed by atoms with van der Waals surface area (Å²) < 4.78 is 22.3. The Bertz CT molecular complexity index is 1410. The second-order valence-corrected chi connectivity index (χ2v) is 8.65. The normalized spacial score (nSPS) is 10.8. The van der Waals surface area contributed by atoms with Gasteiger partial charge in [-0.15, -0.1) is 0 Å². The molecule has 0 aliphatic rings. The maximum atomic E-state index is 12.6. The topological polar surface area (TPSA) is 127 Å². The highest BCUT2D eigenvalue weighted by atomic mass is 16.5. The lowest BCUT2D eigenvalue weighted by Gasteiger charge is -2.09. The first-order valence-electron chi connectivity index (χ1n) is 12.1. The molecule has 8 nitrogen and oxygen atoms in total. The SMILES string of the molecule is COc1ccc(-c2cc(=O)c3ccc(OCCCCCCOC(=O)c4cc(N)cc(N)c4)cc3o2)cc1. The number of anilines is 2. The zero-order valence-electron chi connectivity index (χ0n) is 20.7. The van der Waals surface area contributed by atoms with Crippen LogP contribution in [0.2, 0.25) is 0 Å². The van der Waals surface area contributed by atoms with Crippen LogP contribution in [-0.2, 0) is 4.74 Å². The quantitative estimate of drug-likeness (QED) is 0.158. The van der Waals surface area contributed by atoms with Gasteiger partial charge in [-0.3, -0.25) is 4.79 Å². The lowest BCUT2D eigenvalue weighted by atomic mass is 10.1. The number of ether oxygens (including phenoxy) is 3. The molecular formula is C29H30N2O6. The Morgan fingerprint density at radius 3 is 2.19 bits per heavy atom. The summed E-state index contributed by atoms with van der Waals surface area (Å²) in [4.78, 5) is 24.7. The predicted octanol–water partition coefficient (Wildman–Crippen LogP) is 5.43. The first-order valence-corrected chi connectivity index (χ1v) is 12.1. The van der Waals surface area contributed by atoms with Crippen LogP contribution in [0.1, 0.15) is 36.0 Å². The maximum absolute atomic E-state index is 12.6. The fourth-order valence-corrected chi connectivity index (χ4v) is 3.91. The van der Waals surface area contributed by atoms with Crippen LogP contribution in [0.3, 0.4) is 0 Å². The first kappa shape index (κ1) is 25.6. The van der Waals surface area contributed by atoms with Gasteiger partial charge in [-0.05, 0) is 80.3 Å². The Labute approximate surface area is 214 Å². The van der Waals surface area contributed by atoms with E-state index in [0.717, 1.165) is 37.0 Å². The van der Waals surface area contributed by atoms with E-state index in [1.807, 2.05) is 24.3 Å². The van der Waals surface area contributed by atoms with Crippen LogP contribution in [0.4, 0.5) is 11.4 Å². The van der Waals surface area contributed by atoms with Gasteiger partial charge in [-0.2, -0.15) is 0 Å². The van der Waals surface area contributed by atoms with Crippen LogP contribution < -0.4 is 26.4 Å². The predicted molar refractivity (Wildman–Crippen MR) is 144 cm³/mol. The van der Waals surface area contributed by atoms with Crippen LogP contribution in [0.25, 0.3) is 22.3 Å². The number of nitrogen functional groups attached to an aromatic ring is 2. The Hall–Kier alpha value is -4.46. The zero-order chi connectivity index (χ0) is 26.2. The monoisotopic (exact) mass is 502 g/mol. The van der Waals surface area contributed by atoms with Crippen molar-refractivity contribution in [2.75, 3.05) is 31.8 Å². The van der Waals surface area contributed by atoms with Crippen molar-refractivity contribution in [1.29, 1.82) is 0 Å². The molecule has 0 fully saturated rings. The average Bonchev–Trinajstić information content (AvgIpc) is 2.89. The van der Waals surface area contributed by atoms with E-state index in [0.29, 0.717) is 52.6 Å². The third kappa shape index (κ3) is 6.82. The highest BCUT2D eigenvalue weighted by molar-refractivity contribution is 5.91. The van der Waals surface area contributed by atoms with Crippen molar-refractivity contribution >= 4 is 28.3 Å². The molecule has 8 heteroatoms. The summed E-state index contributed by atoms with van der Waals surface area (Å²) in [6.07, 6.45) is 3.41. The number of benzene rings is 3. The zero-order valence-corrected chi connectivity index (χ0v) is 20.7. The number of fused-ring (bicyclic) bond motifs is 1. The fraction of sp³-hybridized carbons (Fsp3) is 0.241. The van der Waals surface area contributed by atoms with Crippen LogP contribution in [0.5, 0.6) is 11.5 Å². The molecule has 0 unspecified atom stereocenters. The van der Waals surface area contributed by atoms with Crippen LogP contribution >= 0.6 is 0 Å². The lowest BCUT2D eigenvalue weighted by molar-refractivity contribution is 0.0497. The van der Waals surface area contributed by atoms with E-state index in [-0.39, 0.29) is 5.43 Å². The van der Waals surface area contributed by atoms with Crippen molar-refractivity contribution in [3.8, 4) is 22.8 Å². The van der Waals surface area contributed by atoms with Crippen molar-refractivity contribution in [1.82, 2.24) is 0 Å². The summed E-state index contributed by atoms with van der Waals surface area (Å²) in [7, 11) is 1.60. The van der Waals surface area contributed by atoms with Crippen LogP contribution in [0.15, 0.2) is 75.9 Å². The molecule has 0 aliphatic carbocycles. The van der Waals surface area contributed by atoms with E-state index in [9.17, 15) is 9.59 Å². The first-order chi connectivity index (χ1) is 17.9. The third-order valence-corrected chi connectivity index (χ3v) is 5.83. The second kappa shape index (κ2) is 12.0. The van der Waals surface area contributed by atoms with E-state index in [1.54, 1.807) is 43.5 Å². The number of rotatable bonds is 11. The minimum absolute atomic E-state index is 0.112. The number of esters is 1. The van der Waals surface area contributed by atoms with E-state index in [1.165, 1.54) is 6.07 Å². The summed E-state index contributed by atoms with van der Waals surface area (Å²) in [5.41, 5.74) is 13.8.